The molecule has 0 saturated heterocycles. The van der Waals surface area contributed by atoms with Crippen molar-refractivity contribution in [3.05, 3.63) is 24.4 Å². The van der Waals surface area contributed by atoms with Crippen LogP contribution in [0.4, 0.5) is 5.13 Å². The highest BCUT2D eigenvalue weighted by atomic mass is 32.1. The van der Waals surface area contributed by atoms with Crippen LogP contribution in [0.1, 0.15) is 6.42 Å². The van der Waals surface area contributed by atoms with Crippen molar-refractivity contribution >= 4 is 16.5 Å². The van der Waals surface area contributed by atoms with Gasteiger partial charge in [0.1, 0.15) is 0 Å². The van der Waals surface area contributed by atoms with Gasteiger partial charge in [0, 0.05) is 26.3 Å². The lowest BCUT2D eigenvalue weighted by atomic mass is 10.2. The second-order valence-corrected chi connectivity index (χ2v) is 5.69. The summed E-state index contributed by atoms with van der Waals surface area (Å²) in [6, 6.07) is 6.03. The summed E-state index contributed by atoms with van der Waals surface area (Å²) in [5.74, 6) is 1.63. The van der Waals surface area contributed by atoms with Crippen molar-refractivity contribution in [1.82, 2.24) is 4.98 Å². The number of methoxy groups -OCH3 is 1. The first-order chi connectivity index (χ1) is 10.4. The fourth-order valence-electron chi connectivity index (χ4n) is 2.07. The van der Waals surface area contributed by atoms with Crippen molar-refractivity contribution in [3.63, 3.8) is 0 Å². The predicted octanol–water partition coefficient (Wildman–Crippen LogP) is 3.03. The fourth-order valence-corrected chi connectivity index (χ4v) is 2.90. The summed E-state index contributed by atoms with van der Waals surface area (Å²) >= 11 is 1.62. The van der Waals surface area contributed by atoms with Gasteiger partial charge in [0.2, 0.25) is 0 Å². The largest absolute Gasteiger partial charge is 0.490 e. The number of benzene rings is 1. The minimum absolute atomic E-state index is 0.666. The number of rotatable bonds is 5. The first-order valence-electron chi connectivity index (χ1n) is 6.95. The molecule has 0 unspecified atom stereocenters. The Hall–Kier alpha value is -1.79. The molecular formula is C15H18N2O3S. The van der Waals surface area contributed by atoms with E-state index < -0.39 is 0 Å². The molecule has 1 aromatic carbocycles. The molecule has 112 valence electrons. The van der Waals surface area contributed by atoms with Gasteiger partial charge < -0.3 is 19.5 Å². The fraction of sp³-hybridized carbons (Fsp3) is 0.400. The molecule has 0 aliphatic carbocycles. The average molecular weight is 306 g/mol. The number of hydrogen-bond donors (Lipinski definition) is 1. The van der Waals surface area contributed by atoms with Crippen LogP contribution in [-0.2, 0) is 4.74 Å². The summed E-state index contributed by atoms with van der Waals surface area (Å²) in [7, 11) is 1.69. The van der Waals surface area contributed by atoms with E-state index in [2.05, 4.69) is 10.3 Å². The zero-order valence-corrected chi connectivity index (χ0v) is 12.7. The van der Waals surface area contributed by atoms with Crippen LogP contribution in [0.3, 0.4) is 0 Å². The van der Waals surface area contributed by atoms with Crippen LogP contribution in [0.15, 0.2) is 24.4 Å². The summed E-state index contributed by atoms with van der Waals surface area (Å²) in [5.41, 5.74) is 1.09. The van der Waals surface area contributed by atoms with E-state index in [4.69, 9.17) is 14.2 Å². The zero-order chi connectivity index (χ0) is 14.5. The number of anilines is 1. The smallest absolute Gasteiger partial charge is 0.183 e. The summed E-state index contributed by atoms with van der Waals surface area (Å²) in [4.78, 5) is 5.48. The standard InChI is InChI=1S/C15H18N2O3S/c1-18-8-5-16-15-17-10-14(21-15)11-3-4-12-13(9-11)20-7-2-6-19-12/h3-4,9-10H,2,5-8H2,1H3,(H,16,17). The Morgan fingerprint density at radius 2 is 2.14 bits per heavy atom. The van der Waals surface area contributed by atoms with E-state index >= 15 is 0 Å². The van der Waals surface area contributed by atoms with Gasteiger partial charge in [-0.25, -0.2) is 4.98 Å². The van der Waals surface area contributed by atoms with Crippen LogP contribution in [0.25, 0.3) is 10.4 Å². The minimum atomic E-state index is 0.666. The van der Waals surface area contributed by atoms with Crippen molar-refractivity contribution in [1.29, 1.82) is 0 Å². The molecule has 0 radical (unpaired) electrons. The first-order valence-corrected chi connectivity index (χ1v) is 7.77. The molecule has 5 nitrogen and oxygen atoms in total. The first kappa shape index (κ1) is 14.2. The zero-order valence-electron chi connectivity index (χ0n) is 11.9. The second-order valence-electron chi connectivity index (χ2n) is 4.66. The Labute approximate surface area is 127 Å². The molecule has 0 saturated carbocycles. The SMILES string of the molecule is COCCNc1ncc(-c2ccc3c(c2)OCCCO3)s1. The molecular weight excluding hydrogens is 288 g/mol. The van der Waals surface area contributed by atoms with Crippen LogP contribution < -0.4 is 14.8 Å². The van der Waals surface area contributed by atoms with E-state index in [0.29, 0.717) is 19.8 Å². The highest BCUT2D eigenvalue weighted by Gasteiger charge is 2.12. The van der Waals surface area contributed by atoms with E-state index in [9.17, 15) is 0 Å². The maximum atomic E-state index is 5.72. The average Bonchev–Trinajstić information content (AvgIpc) is 2.85. The Balaban J connectivity index is 1.76. The van der Waals surface area contributed by atoms with Crippen molar-refractivity contribution in [2.75, 3.05) is 38.8 Å². The van der Waals surface area contributed by atoms with Crippen LogP contribution in [0.2, 0.25) is 0 Å². The number of nitrogens with zero attached hydrogens (tertiary/aromatic N) is 1. The summed E-state index contributed by atoms with van der Waals surface area (Å²) < 4.78 is 16.4. The van der Waals surface area contributed by atoms with Crippen LogP contribution >= 0.6 is 11.3 Å². The molecule has 1 aliphatic heterocycles. The van der Waals surface area contributed by atoms with Crippen molar-refractivity contribution in [2.24, 2.45) is 0 Å². The molecule has 1 aliphatic rings. The molecule has 0 atom stereocenters. The van der Waals surface area contributed by atoms with Crippen molar-refractivity contribution in [2.45, 2.75) is 6.42 Å². The van der Waals surface area contributed by atoms with E-state index in [0.717, 1.165) is 40.0 Å². The van der Waals surface area contributed by atoms with Crippen LogP contribution in [-0.4, -0.2) is 38.5 Å². The lowest BCUT2D eigenvalue weighted by Gasteiger charge is -2.08. The van der Waals surface area contributed by atoms with Gasteiger partial charge in [-0.15, -0.1) is 0 Å². The third-order valence-corrected chi connectivity index (χ3v) is 4.12. The molecule has 0 fully saturated rings. The van der Waals surface area contributed by atoms with Gasteiger partial charge in [-0.1, -0.05) is 11.3 Å². The number of thiazole rings is 1. The molecule has 1 N–H and O–H groups in total. The van der Waals surface area contributed by atoms with Crippen LogP contribution in [0, 0.1) is 0 Å². The van der Waals surface area contributed by atoms with Gasteiger partial charge in [0.15, 0.2) is 16.6 Å². The number of nitrogens with one attached hydrogen (secondary N) is 1. The molecule has 3 rings (SSSR count). The van der Waals surface area contributed by atoms with Gasteiger partial charge in [-0.3, -0.25) is 0 Å². The third kappa shape index (κ3) is 3.46. The van der Waals surface area contributed by atoms with Crippen molar-refractivity contribution in [3.8, 4) is 21.9 Å². The molecule has 1 aromatic heterocycles. The monoisotopic (exact) mass is 306 g/mol. The van der Waals surface area contributed by atoms with Gasteiger partial charge in [0.05, 0.1) is 24.7 Å². The van der Waals surface area contributed by atoms with Gasteiger partial charge >= 0.3 is 0 Å². The lowest BCUT2D eigenvalue weighted by molar-refractivity contribution is 0.211. The number of hydrogen-bond acceptors (Lipinski definition) is 6. The summed E-state index contributed by atoms with van der Waals surface area (Å²) in [6.07, 6.45) is 2.79. The van der Waals surface area contributed by atoms with E-state index in [-0.39, 0.29) is 0 Å². The molecule has 2 aromatic rings. The molecule has 2 heterocycles. The van der Waals surface area contributed by atoms with Gasteiger partial charge in [-0.2, -0.15) is 0 Å². The maximum absolute atomic E-state index is 5.72. The summed E-state index contributed by atoms with van der Waals surface area (Å²) in [5, 5.41) is 4.13. The topological polar surface area (TPSA) is 52.6 Å². The molecule has 0 amide bonds. The predicted molar refractivity (Wildman–Crippen MR) is 83.5 cm³/mol. The Bertz CT molecular complexity index is 600. The van der Waals surface area contributed by atoms with Crippen molar-refractivity contribution < 1.29 is 14.2 Å². The van der Waals surface area contributed by atoms with Gasteiger partial charge in [-0.05, 0) is 23.8 Å². The molecule has 0 spiro atoms. The third-order valence-electron chi connectivity index (χ3n) is 3.12. The highest BCUT2D eigenvalue weighted by Crippen LogP contribution is 2.36. The number of aromatic nitrogens is 1. The number of ether oxygens (including phenoxy) is 3. The highest BCUT2D eigenvalue weighted by molar-refractivity contribution is 7.18. The Morgan fingerprint density at radius 1 is 1.29 bits per heavy atom. The quantitative estimate of drug-likeness (QED) is 0.861. The molecule has 6 heteroatoms. The Kier molecular flexibility index (Phi) is 4.57. The van der Waals surface area contributed by atoms with Crippen LogP contribution in [0.5, 0.6) is 11.5 Å². The maximum Gasteiger partial charge on any atom is 0.183 e. The normalized spacial score (nSPS) is 13.8. The molecule has 21 heavy (non-hydrogen) atoms. The number of fused-ring (bicyclic) bond motifs is 1. The summed E-state index contributed by atoms with van der Waals surface area (Å²) in [6.45, 7) is 2.83. The van der Waals surface area contributed by atoms with E-state index in [1.165, 1.54) is 0 Å². The van der Waals surface area contributed by atoms with E-state index in [1.807, 2.05) is 24.4 Å². The Morgan fingerprint density at radius 3 is 3.00 bits per heavy atom. The van der Waals surface area contributed by atoms with E-state index in [1.54, 1.807) is 18.4 Å². The van der Waals surface area contributed by atoms with Gasteiger partial charge in [0.25, 0.3) is 0 Å². The lowest BCUT2D eigenvalue weighted by Crippen LogP contribution is -2.06. The molecule has 0 bridgehead atoms. The second kappa shape index (κ2) is 6.78. The minimum Gasteiger partial charge on any atom is -0.490 e.